The Labute approximate surface area is 227 Å². The minimum absolute atomic E-state index is 0.0962. The molecule has 1 aliphatic carbocycles. The van der Waals surface area contributed by atoms with E-state index in [1.54, 1.807) is 6.33 Å². The molecule has 0 spiro atoms. The number of halogens is 3. The fraction of sp³-hybridized carbons (Fsp3) is 0.464. The van der Waals surface area contributed by atoms with Crippen LogP contribution in [0.15, 0.2) is 59.9 Å². The van der Waals surface area contributed by atoms with Crippen LogP contribution in [0.4, 0.5) is 18.9 Å². The molecule has 2 heterocycles. The Kier molecular flexibility index (Phi) is 7.76. The van der Waals surface area contributed by atoms with Crippen LogP contribution in [0.5, 0.6) is 0 Å². The van der Waals surface area contributed by atoms with E-state index < -0.39 is 21.8 Å². The molecule has 5 rings (SSSR count). The number of sulfonamides is 1. The van der Waals surface area contributed by atoms with Crippen molar-refractivity contribution in [3.63, 3.8) is 0 Å². The quantitative estimate of drug-likeness (QED) is 0.392. The monoisotopic (exact) mass is 562 g/mol. The van der Waals surface area contributed by atoms with Crippen LogP contribution in [0.1, 0.15) is 48.1 Å². The van der Waals surface area contributed by atoms with E-state index in [1.165, 1.54) is 4.31 Å². The zero-order valence-corrected chi connectivity index (χ0v) is 22.9. The van der Waals surface area contributed by atoms with Crippen molar-refractivity contribution in [1.29, 1.82) is 0 Å². The van der Waals surface area contributed by atoms with Gasteiger partial charge in [0.05, 0.1) is 47.8 Å². The summed E-state index contributed by atoms with van der Waals surface area (Å²) in [6.07, 6.45) is 3.46. The lowest BCUT2D eigenvalue weighted by Gasteiger charge is -2.34. The average Bonchev–Trinajstić information content (AvgIpc) is 3.53. The Bertz CT molecular complexity index is 1400. The summed E-state index contributed by atoms with van der Waals surface area (Å²) < 4.78 is 76.6. The van der Waals surface area contributed by atoms with Crippen molar-refractivity contribution in [3.05, 3.63) is 77.4 Å². The van der Waals surface area contributed by atoms with E-state index in [9.17, 15) is 21.6 Å². The highest BCUT2D eigenvalue weighted by molar-refractivity contribution is 7.89. The summed E-state index contributed by atoms with van der Waals surface area (Å²) >= 11 is 0. The number of aromatic nitrogens is 2. The maximum Gasteiger partial charge on any atom is 0.416 e. The number of rotatable bonds is 7. The average molecular weight is 563 g/mol. The predicted octanol–water partition coefficient (Wildman–Crippen LogP) is 5.29. The van der Waals surface area contributed by atoms with E-state index >= 15 is 0 Å². The molecule has 0 bridgehead atoms. The first-order chi connectivity index (χ1) is 18.5. The first kappa shape index (κ1) is 27.7. The summed E-state index contributed by atoms with van der Waals surface area (Å²) in [5.74, 6) is 0. The lowest BCUT2D eigenvalue weighted by Crippen LogP contribution is -2.46. The number of hydrogen-bond acceptors (Lipinski definition) is 5. The van der Waals surface area contributed by atoms with Gasteiger partial charge in [0.1, 0.15) is 0 Å². The maximum atomic E-state index is 13.8. The van der Waals surface area contributed by atoms with Gasteiger partial charge in [-0.05, 0) is 55.7 Å². The minimum atomic E-state index is -4.55. The molecule has 1 atom stereocenters. The van der Waals surface area contributed by atoms with Crippen molar-refractivity contribution < 1.29 is 26.3 Å². The third kappa shape index (κ3) is 6.15. The molecule has 1 aliphatic heterocycles. The zero-order valence-electron chi connectivity index (χ0n) is 22.1. The van der Waals surface area contributed by atoms with Gasteiger partial charge in [-0.3, -0.25) is 0 Å². The lowest BCUT2D eigenvalue weighted by molar-refractivity contribution is -0.137. The number of ether oxygens (including phenoxy) is 1. The SMILES string of the molecule is Cc1ccc2c(c1)CN(S(=O)(=O)c1ccc(C(F)(F)F)cc1)C[C@H](COC1CCCC1)N2Cc1cn(C)cn1. The molecule has 3 aromatic rings. The second-order valence-corrected chi connectivity index (χ2v) is 12.4. The molecule has 2 aliphatic rings. The Balaban J connectivity index is 1.52. The smallest absolute Gasteiger partial charge is 0.376 e. The van der Waals surface area contributed by atoms with Crippen molar-refractivity contribution in [2.24, 2.45) is 7.05 Å². The van der Waals surface area contributed by atoms with E-state index in [-0.39, 0.29) is 30.1 Å². The maximum absolute atomic E-state index is 13.8. The van der Waals surface area contributed by atoms with Gasteiger partial charge >= 0.3 is 6.18 Å². The number of nitrogens with zero attached hydrogens (tertiary/aromatic N) is 4. The van der Waals surface area contributed by atoms with Crippen molar-refractivity contribution in [1.82, 2.24) is 13.9 Å². The summed E-state index contributed by atoms with van der Waals surface area (Å²) in [5, 5.41) is 0. The molecule has 1 saturated carbocycles. The number of imidazole rings is 1. The highest BCUT2D eigenvalue weighted by Crippen LogP contribution is 2.35. The minimum Gasteiger partial charge on any atom is -0.376 e. The highest BCUT2D eigenvalue weighted by atomic mass is 32.2. The molecule has 0 saturated heterocycles. The van der Waals surface area contributed by atoms with Crippen LogP contribution in [0.3, 0.4) is 0 Å². The van der Waals surface area contributed by atoms with Crippen LogP contribution >= 0.6 is 0 Å². The molecular weight excluding hydrogens is 529 g/mol. The summed E-state index contributed by atoms with van der Waals surface area (Å²) in [7, 11) is -2.20. The summed E-state index contributed by atoms with van der Waals surface area (Å²) in [5.41, 5.74) is 2.66. The molecule has 0 N–H and O–H groups in total. The van der Waals surface area contributed by atoms with E-state index in [0.29, 0.717) is 13.2 Å². The van der Waals surface area contributed by atoms with Crippen molar-refractivity contribution >= 4 is 15.7 Å². The normalized spacial score (nSPS) is 19.3. The van der Waals surface area contributed by atoms with Crippen molar-refractivity contribution in [2.75, 3.05) is 18.1 Å². The molecule has 0 radical (unpaired) electrons. The first-order valence-electron chi connectivity index (χ1n) is 13.1. The second-order valence-electron chi connectivity index (χ2n) is 10.5. The Morgan fingerprint density at radius 3 is 2.44 bits per heavy atom. The van der Waals surface area contributed by atoms with Crippen LogP contribution in [0.2, 0.25) is 0 Å². The molecular formula is C28H33F3N4O3S. The number of fused-ring (bicyclic) bond motifs is 1. The van der Waals surface area contributed by atoms with Crippen LogP contribution in [-0.4, -0.2) is 47.6 Å². The largest absolute Gasteiger partial charge is 0.416 e. The molecule has 210 valence electrons. The van der Waals surface area contributed by atoms with Crippen LogP contribution in [0.25, 0.3) is 0 Å². The van der Waals surface area contributed by atoms with Gasteiger partial charge in [0.15, 0.2) is 0 Å². The van der Waals surface area contributed by atoms with Crippen LogP contribution < -0.4 is 4.90 Å². The molecule has 0 unspecified atom stereocenters. The molecule has 7 nitrogen and oxygen atoms in total. The molecule has 0 amide bonds. The van der Waals surface area contributed by atoms with E-state index in [1.807, 2.05) is 42.9 Å². The third-order valence-electron chi connectivity index (χ3n) is 7.48. The van der Waals surface area contributed by atoms with E-state index in [2.05, 4.69) is 9.88 Å². The van der Waals surface area contributed by atoms with Crippen molar-refractivity contribution in [2.45, 2.75) is 68.9 Å². The summed E-state index contributed by atoms with van der Waals surface area (Å²) in [6.45, 7) is 2.95. The molecule has 1 fully saturated rings. The van der Waals surface area contributed by atoms with E-state index in [4.69, 9.17) is 4.74 Å². The zero-order chi connectivity index (χ0) is 27.8. The van der Waals surface area contributed by atoms with Crippen LogP contribution in [0, 0.1) is 6.92 Å². The Morgan fingerprint density at radius 2 is 1.79 bits per heavy atom. The van der Waals surface area contributed by atoms with E-state index in [0.717, 1.165) is 72.5 Å². The van der Waals surface area contributed by atoms with Gasteiger partial charge in [0.2, 0.25) is 10.0 Å². The Hall–Kier alpha value is -2.89. The summed E-state index contributed by atoms with van der Waals surface area (Å²) in [4.78, 5) is 6.50. The van der Waals surface area contributed by atoms with Gasteiger partial charge in [-0.1, -0.05) is 30.5 Å². The van der Waals surface area contributed by atoms with Gasteiger partial charge in [0.25, 0.3) is 0 Å². The van der Waals surface area contributed by atoms with Crippen molar-refractivity contribution in [3.8, 4) is 0 Å². The predicted molar refractivity (Wildman–Crippen MR) is 142 cm³/mol. The fourth-order valence-corrected chi connectivity index (χ4v) is 6.89. The fourth-order valence-electron chi connectivity index (χ4n) is 5.44. The number of aryl methyl sites for hydroxylation is 2. The lowest BCUT2D eigenvalue weighted by atomic mass is 10.1. The number of hydrogen-bond donors (Lipinski definition) is 0. The highest BCUT2D eigenvalue weighted by Gasteiger charge is 2.36. The van der Waals surface area contributed by atoms with Gasteiger partial charge in [-0.2, -0.15) is 17.5 Å². The topological polar surface area (TPSA) is 67.7 Å². The number of benzene rings is 2. The van der Waals surface area contributed by atoms with Gasteiger partial charge < -0.3 is 14.2 Å². The third-order valence-corrected chi connectivity index (χ3v) is 9.31. The second kappa shape index (κ2) is 10.9. The van der Waals surface area contributed by atoms with Crippen LogP contribution in [-0.2, 0) is 41.1 Å². The summed E-state index contributed by atoms with van der Waals surface area (Å²) in [6, 6.07) is 9.35. The standard InChI is InChI=1S/C28H33F3N4O3S/c1-20-7-12-27-21(13-20)14-34(39(36,37)26-10-8-22(9-11-26)28(29,30)31)17-24(18-38-25-5-3-4-6-25)35(27)16-23-15-33(2)19-32-23/h7-13,15,19,24-25H,3-6,14,16-18H2,1-2H3/t24-/m1/s1. The van der Waals surface area contributed by atoms with Gasteiger partial charge in [-0.15, -0.1) is 0 Å². The first-order valence-corrected chi connectivity index (χ1v) is 14.6. The number of alkyl halides is 3. The molecule has 2 aromatic carbocycles. The van der Waals surface area contributed by atoms with Gasteiger partial charge in [0, 0.05) is 32.0 Å². The molecule has 1 aromatic heterocycles. The number of anilines is 1. The van der Waals surface area contributed by atoms with Gasteiger partial charge in [-0.25, -0.2) is 13.4 Å². The Morgan fingerprint density at radius 1 is 1.08 bits per heavy atom. The molecule has 11 heteroatoms. The molecule has 39 heavy (non-hydrogen) atoms.